The number of ether oxygens (including phenoxy) is 1. The van der Waals surface area contributed by atoms with Crippen LogP contribution in [0.4, 0.5) is 4.79 Å². The number of hydrogen-bond acceptors (Lipinski definition) is 3. The van der Waals surface area contributed by atoms with E-state index in [1.54, 1.807) is 0 Å². The zero-order valence-electron chi connectivity index (χ0n) is 7.01. The van der Waals surface area contributed by atoms with Crippen LogP contribution >= 0.6 is 0 Å². The van der Waals surface area contributed by atoms with E-state index in [-0.39, 0.29) is 12.1 Å². The predicted octanol–water partition coefficient (Wildman–Crippen LogP) is 0.0944. The highest BCUT2D eigenvalue weighted by molar-refractivity contribution is 5.69. The van der Waals surface area contributed by atoms with Crippen molar-refractivity contribution in [3.05, 3.63) is 0 Å². The summed E-state index contributed by atoms with van der Waals surface area (Å²) in [7, 11) is 0. The third kappa shape index (κ3) is 1.53. The summed E-state index contributed by atoms with van der Waals surface area (Å²) in [5, 5.41) is 6.13. The van der Waals surface area contributed by atoms with Gasteiger partial charge in [0.1, 0.15) is 6.61 Å². The molecule has 0 bridgehead atoms. The highest BCUT2D eigenvalue weighted by atomic mass is 16.6. The Hall–Kier alpha value is -0.770. The minimum absolute atomic E-state index is 0.251. The second-order valence-corrected chi connectivity index (χ2v) is 3.44. The lowest BCUT2D eigenvalue weighted by Crippen LogP contribution is -2.40. The van der Waals surface area contributed by atoms with E-state index in [1.165, 1.54) is 0 Å². The molecule has 2 aliphatic heterocycles. The summed E-state index contributed by atoms with van der Waals surface area (Å²) in [6, 6.07) is 0.264. The number of cyclic esters (lactones) is 1. The fourth-order valence-corrected chi connectivity index (χ4v) is 1.90. The van der Waals surface area contributed by atoms with E-state index in [0.717, 1.165) is 25.9 Å². The van der Waals surface area contributed by atoms with Gasteiger partial charge in [0.05, 0.1) is 6.04 Å². The third-order valence-corrected chi connectivity index (χ3v) is 2.65. The number of alkyl carbamates (subject to hydrolysis) is 1. The number of piperidine rings is 1. The van der Waals surface area contributed by atoms with E-state index in [0.29, 0.717) is 12.5 Å². The molecule has 0 aromatic heterocycles. The fourth-order valence-electron chi connectivity index (χ4n) is 1.90. The van der Waals surface area contributed by atoms with Crippen molar-refractivity contribution in [1.82, 2.24) is 10.6 Å². The molecule has 0 spiro atoms. The SMILES string of the molecule is O=C1N[C@H](C2CCNCC2)CO1. The Kier molecular flexibility index (Phi) is 2.17. The van der Waals surface area contributed by atoms with Crippen LogP contribution in [0.1, 0.15) is 12.8 Å². The molecule has 0 saturated carbocycles. The molecule has 68 valence electrons. The average molecular weight is 170 g/mol. The Morgan fingerprint density at radius 2 is 2.08 bits per heavy atom. The average Bonchev–Trinajstić information content (AvgIpc) is 2.54. The first-order valence-electron chi connectivity index (χ1n) is 4.50. The smallest absolute Gasteiger partial charge is 0.407 e. The van der Waals surface area contributed by atoms with Crippen molar-refractivity contribution in [2.24, 2.45) is 5.92 Å². The lowest BCUT2D eigenvalue weighted by atomic mass is 9.91. The van der Waals surface area contributed by atoms with Crippen LogP contribution in [0.25, 0.3) is 0 Å². The molecular weight excluding hydrogens is 156 g/mol. The minimum atomic E-state index is -0.251. The quantitative estimate of drug-likeness (QED) is 0.586. The molecule has 2 N–H and O–H groups in total. The predicted molar refractivity (Wildman–Crippen MR) is 43.9 cm³/mol. The lowest BCUT2D eigenvalue weighted by Gasteiger charge is -2.26. The molecule has 1 amide bonds. The standard InChI is InChI=1S/C8H14N2O2/c11-8-10-7(5-12-8)6-1-3-9-4-2-6/h6-7,9H,1-5H2,(H,10,11)/t7-/m0/s1. The van der Waals surface area contributed by atoms with Gasteiger partial charge in [-0.3, -0.25) is 0 Å². The van der Waals surface area contributed by atoms with E-state index in [1.807, 2.05) is 0 Å². The Labute approximate surface area is 71.7 Å². The van der Waals surface area contributed by atoms with Gasteiger partial charge in [-0.1, -0.05) is 0 Å². The molecule has 2 saturated heterocycles. The molecule has 1 atom stereocenters. The van der Waals surface area contributed by atoms with Gasteiger partial charge in [0, 0.05) is 0 Å². The van der Waals surface area contributed by atoms with Crippen LogP contribution in [0.2, 0.25) is 0 Å². The molecule has 2 heterocycles. The van der Waals surface area contributed by atoms with Gasteiger partial charge in [-0.2, -0.15) is 0 Å². The Balaban J connectivity index is 1.86. The number of amides is 1. The molecule has 0 aromatic rings. The van der Waals surface area contributed by atoms with Gasteiger partial charge in [0.15, 0.2) is 0 Å². The topological polar surface area (TPSA) is 50.4 Å². The van der Waals surface area contributed by atoms with E-state index in [9.17, 15) is 4.79 Å². The van der Waals surface area contributed by atoms with Gasteiger partial charge in [0.2, 0.25) is 0 Å². The van der Waals surface area contributed by atoms with Crippen LogP contribution in [0.5, 0.6) is 0 Å². The molecule has 4 heteroatoms. The van der Waals surface area contributed by atoms with E-state index >= 15 is 0 Å². The summed E-state index contributed by atoms with van der Waals surface area (Å²) in [5.41, 5.74) is 0. The molecule has 0 aromatic carbocycles. The van der Waals surface area contributed by atoms with Crippen LogP contribution in [0.15, 0.2) is 0 Å². The van der Waals surface area contributed by atoms with E-state index in [4.69, 9.17) is 4.74 Å². The van der Waals surface area contributed by atoms with Crippen molar-refractivity contribution >= 4 is 6.09 Å². The van der Waals surface area contributed by atoms with Crippen LogP contribution < -0.4 is 10.6 Å². The van der Waals surface area contributed by atoms with Gasteiger partial charge in [-0.25, -0.2) is 4.79 Å². The molecule has 2 fully saturated rings. The number of carbonyl (C=O) groups excluding carboxylic acids is 1. The molecule has 0 aliphatic carbocycles. The molecule has 12 heavy (non-hydrogen) atoms. The van der Waals surface area contributed by atoms with Crippen molar-refractivity contribution in [2.75, 3.05) is 19.7 Å². The van der Waals surface area contributed by atoms with Gasteiger partial charge >= 0.3 is 6.09 Å². The zero-order valence-corrected chi connectivity index (χ0v) is 7.01. The summed E-state index contributed by atoms with van der Waals surface area (Å²) in [6.45, 7) is 2.69. The monoisotopic (exact) mass is 170 g/mol. The minimum Gasteiger partial charge on any atom is -0.447 e. The number of carbonyl (C=O) groups is 1. The van der Waals surface area contributed by atoms with Gasteiger partial charge in [0.25, 0.3) is 0 Å². The van der Waals surface area contributed by atoms with Crippen molar-refractivity contribution < 1.29 is 9.53 Å². The van der Waals surface area contributed by atoms with Crippen molar-refractivity contribution in [1.29, 1.82) is 0 Å². The summed E-state index contributed by atoms with van der Waals surface area (Å²) in [6.07, 6.45) is 2.04. The van der Waals surface area contributed by atoms with Crippen LogP contribution in [0.3, 0.4) is 0 Å². The van der Waals surface area contributed by atoms with Gasteiger partial charge in [-0.15, -0.1) is 0 Å². The lowest BCUT2D eigenvalue weighted by molar-refractivity contribution is 0.173. The Morgan fingerprint density at radius 1 is 1.33 bits per heavy atom. The fraction of sp³-hybridized carbons (Fsp3) is 0.875. The Bertz CT molecular complexity index is 178. The summed E-state index contributed by atoms with van der Waals surface area (Å²) < 4.78 is 4.85. The van der Waals surface area contributed by atoms with Crippen molar-refractivity contribution in [3.63, 3.8) is 0 Å². The molecular formula is C8H14N2O2. The maximum absolute atomic E-state index is 10.7. The third-order valence-electron chi connectivity index (χ3n) is 2.65. The first-order valence-corrected chi connectivity index (χ1v) is 4.50. The number of hydrogen-bond donors (Lipinski definition) is 2. The second kappa shape index (κ2) is 3.31. The zero-order chi connectivity index (χ0) is 8.39. The van der Waals surface area contributed by atoms with Crippen molar-refractivity contribution in [2.45, 2.75) is 18.9 Å². The maximum atomic E-state index is 10.7. The largest absolute Gasteiger partial charge is 0.447 e. The molecule has 4 nitrogen and oxygen atoms in total. The van der Waals surface area contributed by atoms with Crippen LogP contribution in [-0.2, 0) is 4.74 Å². The van der Waals surface area contributed by atoms with Gasteiger partial charge < -0.3 is 15.4 Å². The van der Waals surface area contributed by atoms with E-state index in [2.05, 4.69) is 10.6 Å². The first-order chi connectivity index (χ1) is 5.86. The molecule has 0 unspecified atom stereocenters. The molecule has 2 aliphatic rings. The van der Waals surface area contributed by atoms with E-state index < -0.39 is 0 Å². The van der Waals surface area contributed by atoms with Crippen molar-refractivity contribution in [3.8, 4) is 0 Å². The number of rotatable bonds is 1. The Morgan fingerprint density at radius 3 is 2.67 bits per heavy atom. The normalized spacial score (nSPS) is 31.3. The van der Waals surface area contributed by atoms with Gasteiger partial charge in [-0.05, 0) is 31.8 Å². The summed E-state index contributed by atoms with van der Waals surface area (Å²) in [5.74, 6) is 0.609. The van der Waals surface area contributed by atoms with Crippen LogP contribution in [-0.4, -0.2) is 31.8 Å². The maximum Gasteiger partial charge on any atom is 0.407 e. The second-order valence-electron chi connectivity index (χ2n) is 3.44. The number of nitrogens with one attached hydrogen (secondary N) is 2. The molecule has 2 rings (SSSR count). The first kappa shape index (κ1) is 7.86. The summed E-state index contributed by atoms with van der Waals surface area (Å²) in [4.78, 5) is 10.7. The highest BCUT2D eigenvalue weighted by Crippen LogP contribution is 2.19. The molecule has 0 radical (unpaired) electrons. The highest BCUT2D eigenvalue weighted by Gasteiger charge is 2.30. The summed E-state index contributed by atoms with van der Waals surface area (Å²) >= 11 is 0. The van der Waals surface area contributed by atoms with Crippen LogP contribution in [0, 0.1) is 5.92 Å².